The van der Waals surface area contributed by atoms with Crippen LogP contribution in [0.1, 0.15) is 36.0 Å². The number of aromatic nitrogens is 4. The highest BCUT2D eigenvalue weighted by atomic mass is 32.2. The minimum atomic E-state index is -0.934. The number of pyridine rings is 1. The number of fused-ring (bicyclic) bond motifs is 2. The molecular formula is C22H26N6OS. The van der Waals surface area contributed by atoms with E-state index in [-0.39, 0.29) is 0 Å². The van der Waals surface area contributed by atoms with E-state index in [9.17, 15) is 4.21 Å². The summed E-state index contributed by atoms with van der Waals surface area (Å²) >= 11 is 0. The lowest BCUT2D eigenvalue weighted by Gasteiger charge is -2.37. The van der Waals surface area contributed by atoms with Crippen LogP contribution in [0, 0.1) is 6.92 Å². The van der Waals surface area contributed by atoms with Crippen molar-refractivity contribution in [3.63, 3.8) is 0 Å². The molecule has 7 nitrogen and oxygen atoms in total. The lowest BCUT2D eigenvalue weighted by Crippen LogP contribution is -2.40. The summed E-state index contributed by atoms with van der Waals surface area (Å²) < 4.78 is 13.8. The monoisotopic (exact) mass is 422 g/mol. The zero-order valence-electron chi connectivity index (χ0n) is 17.6. The number of nitrogens with one attached hydrogen (secondary N) is 1. The topological polar surface area (TPSA) is 78.0 Å². The molecular weight excluding hydrogens is 396 g/mol. The Hall–Kier alpha value is -2.58. The quantitative estimate of drug-likeness (QED) is 0.702. The second-order valence-corrected chi connectivity index (χ2v) is 9.51. The van der Waals surface area contributed by atoms with E-state index in [4.69, 9.17) is 0 Å². The second kappa shape index (κ2) is 7.59. The van der Waals surface area contributed by atoms with Crippen LogP contribution in [0.25, 0.3) is 16.6 Å². The van der Waals surface area contributed by atoms with Crippen molar-refractivity contribution in [3.8, 4) is 0 Å². The Morgan fingerprint density at radius 1 is 1.30 bits per heavy atom. The van der Waals surface area contributed by atoms with Crippen LogP contribution >= 0.6 is 0 Å². The summed E-state index contributed by atoms with van der Waals surface area (Å²) in [5.74, 6) is 0. The van der Waals surface area contributed by atoms with Crippen LogP contribution in [0.5, 0.6) is 0 Å². The third-order valence-electron chi connectivity index (χ3n) is 6.17. The molecule has 0 radical (unpaired) electrons. The lowest BCUT2D eigenvalue weighted by atomic mass is 9.93. The Morgan fingerprint density at radius 2 is 2.17 bits per heavy atom. The summed E-state index contributed by atoms with van der Waals surface area (Å²) in [7, 11) is -0.934. The van der Waals surface area contributed by atoms with E-state index in [1.54, 1.807) is 12.6 Å². The van der Waals surface area contributed by atoms with Crippen molar-refractivity contribution in [2.45, 2.75) is 39.3 Å². The Bertz CT molecular complexity index is 1170. The molecule has 0 fully saturated rings. The van der Waals surface area contributed by atoms with Gasteiger partial charge in [0, 0.05) is 61.2 Å². The molecule has 0 spiro atoms. The van der Waals surface area contributed by atoms with Crippen LogP contribution in [0.2, 0.25) is 0 Å². The molecule has 3 aromatic heterocycles. The molecule has 0 saturated heterocycles. The van der Waals surface area contributed by atoms with Gasteiger partial charge in [-0.3, -0.25) is 0 Å². The van der Waals surface area contributed by atoms with E-state index >= 15 is 0 Å². The van der Waals surface area contributed by atoms with Gasteiger partial charge in [0.1, 0.15) is 12.0 Å². The average molecular weight is 423 g/mol. The van der Waals surface area contributed by atoms with Crippen LogP contribution < -0.4 is 4.90 Å². The first-order chi connectivity index (χ1) is 14.5. The van der Waals surface area contributed by atoms with Gasteiger partial charge in [-0.05, 0) is 38.0 Å². The molecule has 0 saturated carbocycles. The Balaban J connectivity index is 1.54. The summed E-state index contributed by atoms with van der Waals surface area (Å²) in [6.07, 6.45) is 9.31. The molecule has 2 aliphatic rings. The number of nitrogens with zero attached hydrogens (tertiary/aromatic N) is 5. The van der Waals surface area contributed by atoms with Crippen molar-refractivity contribution in [1.29, 1.82) is 0 Å². The first kappa shape index (κ1) is 19.4. The number of hydrogen-bond donors (Lipinski definition) is 1. The van der Waals surface area contributed by atoms with Gasteiger partial charge in [-0.1, -0.05) is 6.08 Å². The number of aryl methyl sites for hydroxylation is 1. The van der Waals surface area contributed by atoms with Crippen LogP contribution in [0.4, 0.5) is 5.69 Å². The van der Waals surface area contributed by atoms with Crippen LogP contribution in [-0.4, -0.2) is 53.8 Å². The highest BCUT2D eigenvalue weighted by molar-refractivity contribution is 7.81. The van der Waals surface area contributed by atoms with Gasteiger partial charge in [-0.2, -0.15) is 0 Å². The minimum absolute atomic E-state index is 0.332. The van der Waals surface area contributed by atoms with Crippen molar-refractivity contribution in [3.05, 3.63) is 53.4 Å². The van der Waals surface area contributed by atoms with E-state index in [0.717, 1.165) is 54.0 Å². The molecule has 2 aliphatic heterocycles. The van der Waals surface area contributed by atoms with Crippen LogP contribution in [0.15, 0.2) is 30.7 Å². The molecule has 5 rings (SSSR count). The molecule has 5 heterocycles. The molecule has 0 amide bonds. The molecule has 30 heavy (non-hydrogen) atoms. The number of aromatic amines is 1. The number of H-pyrrole nitrogens is 1. The van der Waals surface area contributed by atoms with Crippen molar-refractivity contribution in [2.75, 3.05) is 24.2 Å². The van der Waals surface area contributed by atoms with E-state index in [1.165, 1.54) is 16.8 Å². The van der Waals surface area contributed by atoms with Gasteiger partial charge in [-0.15, -0.1) is 0 Å². The highest BCUT2D eigenvalue weighted by Gasteiger charge is 2.29. The fourth-order valence-electron chi connectivity index (χ4n) is 4.59. The lowest BCUT2D eigenvalue weighted by molar-refractivity contribution is 0.485. The predicted octanol–water partition coefficient (Wildman–Crippen LogP) is 3.00. The van der Waals surface area contributed by atoms with Crippen LogP contribution in [0.3, 0.4) is 0 Å². The number of anilines is 1. The van der Waals surface area contributed by atoms with E-state index in [0.29, 0.717) is 12.6 Å². The maximum Gasteiger partial charge on any atom is 0.139 e. The average Bonchev–Trinajstić information content (AvgIpc) is 3.20. The Labute approximate surface area is 178 Å². The van der Waals surface area contributed by atoms with E-state index < -0.39 is 11.0 Å². The molecule has 0 aromatic carbocycles. The first-order valence-corrected chi connectivity index (χ1v) is 11.8. The standard InChI is InChI=1S/C22H26N6OS/c1-14-10-20(17-4-7-23-22(17)26-14)28-12-18-19(11-15(28)2)24-13-25-21(18)16-5-8-27(9-6-16)30(3)29/h4-5,7,10,13,15H,6,8-9,11-12H2,1-3H3,(H,23,26). The van der Waals surface area contributed by atoms with Gasteiger partial charge in [0.05, 0.1) is 28.1 Å². The molecule has 1 N–H and O–H groups in total. The van der Waals surface area contributed by atoms with Crippen molar-refractivity contribution >= 4 is 33.3 Å². The van der Waals surface area contributed by atoms with E-state index in [2.05, 4.69) is 50.0 Å². The molecule has 0 bridgehead atoms. The predicted molar refractivity (Wildman–Crippen MR) is 120 cm³/mol. The zero-order valence-corrected chi connectivity index (χ0v) is 18.4. The maximum absolute atomic E-state index is 11.8. The maximum atomic E-state index is 11.8. The molecule has 0 aliphatic carbocycles. The van der Waals surface area contributed by atoms with Crippen LogP contribution in [-0.2, 0) is 24.0 Å². The van der Waals surface area contributed by atoms with Gasteiger partial charge >= 0.3 is 0 Å². The van der Waals surface area contributed by atoms with Gasteiger partial charge in [0.25, 0.3) is 0 Å². The number of rotatable bonds is 3. The van der Waals surface area contributed by atoms with Gasteiger partial charge < -0.3 is 9.88 Å². The molecule has 156 valence electrons. The second-order valence-electron chi connectivity index (χ2n) is 8.14. The van der Waals surface area contributed by atoms with Crippen molar-refractivity contribution in [1.82, 2.24) is 24.2 Å². The van der Waals surface area contributed by atoms with Gasteiger partial charge in [0.2, 0.25) is 0 Å². The Morgan fingerprint density at radius 3 is 2.93 bits per heavy atom. The van der Waals surface area contributed by atoms with Crippen molar-refractivity contribution < 1.29 is 4.21 Å². The van der Waals surface area contributed by atoms with Crippen molar-refractivity contribution in [2.24, 2.45) is 0 Å². The summed E-state index contributed by atoms with van der Waals surface area (Å²) in [6.45, 7) is 6.56. The zero-order chi connectivity index (χ0) is 20.8. The normalized spacial score (nSPS) is 20.8. The SMILES string of the molecule is Cc1cc(N2Cc3c(ncnc3C3=CCN(S(C)=O)CC3)CC2C)c2cc[nH]c2n1. The summed E-state index contributed by atoms with van der Waals surface area (Å²) in [5, 5.41) is 1.15. The van der Waals surface area contributed by atoms with Gasteiger partial charge in [0.15, 0.2) is 0 Å². The fraction of sp³-hybridized carbons (Fsp3) is 0.409. The minimum Gasteiger partial charge on any atom is -0.363 e. The third-order valence-corrected chi connectivity index (χ3v) is 7.23. The smallest absolute Gasteiger partial charge is 0.139 e. The number of hydrogen-bond acceptors (Lipinski definition) is 5. The summed E-state index contributed by atoms with van der Waals surface area (Å²) in [4.78, 5) is 19.6. The third kappa shape index (κ3) is 3.33. The fourth-order valence-corrected chi connectivity index (χ4v) is 5.22. The molecule has 2 unspecified atom stereocenters. The Kier molecular flexibility index (Phi) is 4.91. The molecule has 3 aromatic rings. The summed E-state index contributed by atoms with van der Waals surface area (Å²) in [6, 6.07) is 4.61. The van der Waals surface area contributed by atoms with Gasteiger partial charge in [-0.25, -0.2) is 23.5 Å². The molecule has 8 heteroatoms. The molecule has 2 atom stereocenters. The first-order valence-electron chi connectivity index (χ1n) is 10.3. The highest BCUT2D eigenvalue weighted by Crippen LogP contribution is 2.35. The van der Waals surface area contributed by atoms with E-state index in [1.807, 2.05) is 17.4 Å². The largest absolute Gasteiger partial charge is 0.363 e. The summed E-state index contributed by atoms with van der Waals surface area (Å²) in [5.41, 5.74) is 7.78.